The van der Waals surface area contributed by atoms with E-state index in [1.165, 1.54) is 0 Å². The Morgan fingerprint density at radius 2 is 1.94 bits per heavy atom. The maximum atomic E-state index is 9.60. The predicted octanol–water partition coefficient (Wildman–Crippen LogP) is 3.75. The van der Waals surface area contributed by atoms with Gasteiger partial charge >= 0.3 is 0 Å². The van der Waals surface area contributed by atoms with Gasteiger partial charge in [-0.25, -0.2) is 9.50 Å². The molecular formula is C22H20ClN9. The summed E-state index contributed by atoms with van der Waals surface area (Å²) < 4.78 is 1.70. The molecule has 3 aromatic heterocycles. The molecule has 1 saturated carbocycles. The minimum atomic E-state index is -0.189. The Morgan fingerprint density at radius 1 is 1.19 bits per heavy atom. The van der Waals surface area contributed by atoms with E-state index in [0.29, 0.717) is 28.1 Å². The first kappa shape index (κ1) is 20.0. The van der Waals surface area contributed by atoms with Crippen LogP contribution in [0, 0.1) is 24.2 Å². The van der Waals surface area contributed by atoms with E-state index in [-0.39, 0.29) is 23.4 Å². The van der Waals surface area contributed by atoms with Crippen molar-refractivity contribution in [1.82, 2.24) is 24.6 Å². The average molecular weight is 446 g/mol. The first-order chi connectivity index (χ1) is 15.5. The molecule has 0 bridgehead atoms. The largest absolute Gasteiger partial charge is 0.382 e. The first-order valence-corrected chi connectivity index (χ1v) is 10.5. The summed E-state index contributed by atoms with van der Waals surface area (Å²) in [7, 11) is 0. The number of anilines is 3. The van der Waals surface area contributed by atoms with Crippen LogP contribution in [0.3, 0.4) is 0 Å². The summed E-state index contributed by atoms with van der Waals surface area (Å²) in [6.45, 7) is 1.85. The van der Waals surface area contributed by atoms with Crippen LogP contribution in [0.15, 0.2) is 36.5 Å². The van der Waals surface area contributed by atoms with Crippen LogP contribution in [0.2, 0.25) is 5.02 Å². The number of nitrogens with one attached hydrogen (secondary N) is 1. The molecule has 1 aliphatic carbocycles. The van der Waals surface area contributed by atoms with Gasteiger partial charge in [-0.3, -0.25) is 0 Å². The summed E-state index contributed by atoms with van der Waals surface area (Å²) >= 11 is 6.47. The zero-order valence-corrected chi connectivity index (χ0v) is 18.0. The van der Waals surface area contributed by atoms with Crippen LogP contribution in [0.25, 0.3) is 16.9 Å². The number of hydrogen-bond donors (Lipinski definition) is 3. The standard InChI is InChI=1S/C22H20ClN9/c1-11-16(23)21-28-18(12-5-3-2-4-6-12)15(10-32(21)31-11)17(13-7-8-13)27-20-14(9-24)19(25)29-22(26)30-20/h2-6,10,13,17H,7-8H2,1H3,(H5,25,26,27,29,30)/t17-/m0/s1. The first-order valence-electron chi connectivity index (χ1n) is 10.2. The topological polar surface area (TPSA) is 144 Å². The molecule has 0 spiro atoms. The molecule has 1 aromatic carbocycles. The van der Waals surface area contributed by atoms with Crippen LogP contribution in [0.5, 0.6) is 0 Å². The molecule has 1 aliphatic rings. The molecular weight excluding hydrogens is 426 g/mol. The van der Waals surface area contributed by atoms with Crippen LogP contribution in [0.1, 0.15) is 35.7 Å². The molecule has 0 saturated heterocycles. The summed E-state index contributed by atoms with van der Waals surface area (Å²) in [4.78, 5) is 13.1. The predicted molar refractivity (Wildman–Crippen MR) is 123 cm³/mol. The third-order valence-electron chi connectivity index (χ3n) is 5.58. The number of fused-ring (bicyclic) bond motifs is 1. The number of hydrogen-bond acceptors (Lipinski definition) is 8. The molecule has 3 heterocycles. The number of nitriles is 1. The van der Waals surface area contributed by atoms with Gasteiger partial charge in [0, 0.05) is 17.3 Å². The number of nitrogens with two attached hydrogens (primary N) is 2. The molecule has 4 aromatic rings. The van der Waals surface area contributed by atoms with Crippen molar-refractivity contribution in [2.45, 2.75) is 25.8 Å². The summed E-state index contributed by atoms with van der Waals surface area (Å²) in [6.07, 6.45) is 4.00. The average Bonchev–Trinajstić information content (AvgIpc) is 3.58. The van der Waals surface area contributed by atoms with Crippen molar-refractivity contribution in [2.24, 2.45) is 5.92 Å². The zero-order chi connectivity index (χ0) is 22.4. The van der Waals surface area contributed by atoms with Crippen molar-refractivity contribution in [2.75, 3.05) is 16.8 Å². The monoisotopic (exact) mass is 445 g/mol. The minimum absolute atomic E-state index is 0.00453. The molecule has 32 heavy (non-hydrogen) atoms. The SMILES string of the molecule is Cc1nn2cc([C@@H](Nc3nc(N)nc(N)c3C#N)C3CC3)c(-c3ccccc3)nc2c1Cl. The number of benzene rings is 1. The Kier molecular flexibility index (Phi) is 4.79. The number of rotatable bonds is 5. The lowest BCUT2D eigenvalue weighted by atomic mass is 9.97. The van der Waals surface area contributed by atoms with E-state index in [1.54, 1.807) is 4.52 Å². The molecule has 1 fully saturated rings. The number of aromatic nitrogens is 5. The van der Waals surface area contributed by atoms with Gasteiger partial charge < -0.3 is 16.8 Å². The van der Waals surface area contributed by atoms with Crippen LogP contribution in [-0.2, 0) is 0 Å². The van der Waals surface area contributed by atoms with Crippen molar-refractivity contribution in [3.05, 3.63) is 58.4 Å². The Balaban J connectivity index is 1.70. The van der Waals surface area contributed by atoms with Crippen LogP contribution >= 0.6 is 11.6 Å². The Morgan fingerprint density at radius 3 is 2.62 bits per heavy atom. The van der Waals surface area contributed by atoms with Crippen molar-refractivity contribution >= 4 is 34.8 Å². The van der Waals surface area contributed by atoms with Gasteiger partial charge in [0.15, 0.2) is 11.5 Å². The molecule has 0 radical (unpaired) electrons. The van der Waals surface area contributed by atoms with Gasteiger partial charge in [0.25, 0.3) is 0 Å². The van der Waals surface area contributed by atoms with Gasteiger partial charge in [0.2, 0.25) is 5.95 Å². The van der Waals surface area contributed by atoms with Crippen LogP contribution in [0.4, 0.5) is 17.6 Å². The van der Waals surface area contributed by atoms with Gasteiger partial charge in [0.05, 0.1) is 17.4 Å². The van der Waals surface area contributed by atoms with E-state index in [2.05, 4.69) is 26.5 Å². The van der Waals surface area contributed by atoms with Crippen molar-refractivity contribution in [3.63, 3.8) is 0 Å². The number of aryl methyl sites for hydroxylation is 1. The Hall–Kier alpha value is -3.90. The van der Waals surface area contributed by atoms with Crippen LogP contribution in [-0.4, -0.2) is 24.6 Å². The van der Waals surface area contributed by atoms with Gasteiger partial charge in [-0.2, -0.15) is 20.3 Å². The molecule has 160 valence electrons. The lowest BCUT2D eigenvalue weighted by molar-refractivity contribution is 0.666. The smallest absolute Gasteiger partial charge is 0.224 e. The van der Waals surface area contributed by atoms with E-state index in [9.17, 15) is 5.26 Å². The third-order valence-corrected chi connectivity index (χ3v) is 6.02. The highest BCUT2D eigenvalue weighted by atomic mass is 35.5. The lowest BCUT2D eigenvalue weighted by Gasteiger charge is -2.23. The maximum absolute atomic E-state index is 9.60. The molecule has 9 nitrogen and oxygen atoms in total. The highest BCUT2D eigenvalue weighted by molar-refractivity contribution is 6.34. The molecule has 1 atom stereocenters. The van der Waals surface area contributed by atoms with E-state index >= 15 is 0 Å². The maximum Gasteiger partial charge on any atom is 0.224 e. The fraction of sp³-hybridized carbons (Fsp3) is 0.227. The van der Waals surface area contributed by atoms with Gasteiger partial charge in [0.1, 0.15) is 22.5 Å². The molecule has 5 N–H and O–H groups in total. The quantitative estimate of drug-likeness (QED) is 0.421. The van der Waals surface area contributed by atoms with Crippen molar-refractivity contribution in [3.8, 4) is 17.3 Å². The highest BCUT2D eigenvalue weighted by Gasteiger charge is 2.36. The zero-order valence-electron chi connectivity index (χ0n) is 17.2. The summed E-state index contributed by atoms with van der Waals surface area (Å²) in [6, 6.07) is 11.8. The normalized spacial score (nSPS) is 14.3. The second kappa shape index (κ2) is 7.66. The third kappa shape index (κ3) is 3.44. The van der Waals surface area contributed by atoms with Crippen molar-refractivity contribution in [1.29, 1.82) is 5.26 Å². The Bertz CT molecular complexity index is 1370. The highest BCUT2D eigenvalue weighted by Crippen LogP contribution is 2.45. The summed E-state index contributed by atoms with van der Waals surface area (Å²) in [5.74, 6) is 0.685. The minimum Gasteiger partial charge on any atom is -0.382 e. The lowest BCUT2D eigenvalue weighted by Crippen LogP contribution is -2.19. The van der Waals surface area contributed by atoms with Gasteiger partial charge in [-0.15, -0.1) is 0 Å². The fourth-order valence-corrected chi connectivity index (χ4v) is 4.03. The number of nitrogen functional groups attached to an aromatic ring is 2. The molecule has 0 aliphatic heterocycles. The van der Waals surface area contributed by atoms with E-state index in [1.807, 2.05) is 43.5 Å². The molecule has 0 amide bonds. The van der Waals surface area contributed by atoms with Gasteiger partial charge in [-0.1, -0.05) is 41.9 Å². The molecule has 0 unspecified atom stereocenters. The second-order valence-corrected chi connectivity index (χ2v) is 8.22. The van der Waals surface area contributed by atoms with Gasteiger partial charge in [-0.05, 0) is 25.7 Å². The molecule has 5 rings (SSSR count). The number of nitrogens with zero attached hydrogens (tertiary/aromatic N) is 6. The van der Waals surface area contributed by atoms with E-state index < -0.39 is 0 Å². The van der Waals surface area contributed by atoms with E-state index in [0.717, 1.165) is 29.7 Å². The summed E-state index contributed by atoms with van der Waals surface area (Å²) in [5, 5.41) is 18.0. The fourth-order valence-electron chi connectivity index (χ4n) is 3.86. The summed E-state index contributed by atoms with van der Waals surface area (Å²) in [5.41, 5.74) is 15.9. The number of halogens is 1. The molecule has 10 heteroatoms. The van der Waals surface area contributed by atoms with Crippen molar-refractivity contribution < 1.29 is 0 Å². The second-order valence-electron chi connectivity index (χ2n) is 7.84. The van der Waals surface area contributed by atoms with E-state index in [4.69, 9.17) is 28.1 Å². The van der Waals surface area contributed by atoms with Crippen LogP contribution < -0.4 is 16.8 Å². The Labute approximate surface area is 189 Å².